The summed E-state index contributed by atoms with van der Waals surface area (Å²) >= 11 is 1.37. The molecule has 1 aromatic heterocycles. The number of carbonyl (C=O) groups is 1. The molecule has 0 spiro atoms. The molecule has 1 heterocycles. The van der Waals surface area contributed by atoms with Gasteiger partial charge in [-0.25, -0.2) is 4.98 Å². The number of ether oxygens (including phenoxy) is 3. The number of amides is 1. The van der Waals surface area contributed by atoms with E-state index in [1.807, 2.05) is 61.7 Å². The molecule has 0 saturated carbocycles. The third kappa shape index (κ3) is 5.39. The summed E-state index contributed by atoms with van der Waals surface area (Å²) in [6.07, 6.45) is 3.18. The van der Waals surface area contributed by atoms with Crippen LogP contribution in [0.5, 0.6) is 17.2 Å². The molecule has 156 valence electrons. The van der Waals surface area contributed by atoms with E-state index in [1.165, 1.54) is 17.4 Å². The zero-order chi connectivity index (χ0) is 21.3. The van der Waals surface area contributed by atoms with Gasteiger partial charge in [0, 0.05) is 17.0 Å². The van der Waals surface area contributed by atoms with E-state index in [-0.39, 0.29) is 5.91 Å². The number of nitrogens with one attached hydrogen (secondary N) is 1. The van der Waals surface area contributed by atoms with Crippen LogP contribution in [0.1, 0.15) is 19.4 Å². The van der Waals surface area contributed by atoms with Crippen molar-refractivity contribution in [3.63, 3.8) is 0 Å². The van der Waals surface area contributed by atoms with Crippen LogP contribution >= 0.6 is 11.3 Å². The first-order valence-electron chi connectivity index (χ1n) is 9.62. The van der Waals surface area contributed by atoms with Crippen molar-refractivity contribution in [1.82, 2.24) is 4.98 Å². The lowest BCUT2D eigenvalue weighted by Gasteiger charge is -2.09. The van der Waals surface area contributed by atoms with Crippen molar-refractivity contribution in [2.24, 2.45) is 0 Å². The van der Waals surface area contributed by atoms with Crippen molar-refractivity contribution in [3.05, 3.63) is 59.5 Å². The topological polar surface area (TPSA) is 69.7 Å². The maximum atomic E-state index is 12.3. The molecule has 7 heteroatoms. The van der Waals surface area contributed by atoms with Crippen LogP contribution in [-0.4, -0.2) is 31.2 Å². The number of nitrogens with zero attached hydrogens (tertiary/aromatic N) is 1. The molecule has 0 bridgehead atoms. The number of carbonyl (C=O) groups excluding carboxylic acids is 1. The number of methoxy groups -OCH3 is 1. The molecule has 1 amide bonds. The van der Waals surface area contributed by atoms with Crippen molar-refractivity contribution in [3.8, 4) is 28.5 Å². The summed E-state index contributed by atoms with van der Waals surface area (Å²) < 4.78 is 16.5. The van der Waals surface area contributed by atoms with Crippen molar-refractivity contribution < 1.29 is 19.0 Å². The van der Waals surface area contributed by atoms with E-state index in [9.17, 15) is 4.79 Å². The summed E-state index contributed by atoms with van der Waals surface area (Å²) in [5.74, 6) is 1.80. The molecule has 0 fully saturated rings. The molecule has 6 nitrogen and oxygen atoms in total. The fourth-order valence-electron chi connectivity index (χ4n) is 2.80. The standard InChI is InChI=1S/C23H24N2O4S/c1-4-28-19-9-7-6-8-17(19)18-15-30-23(24-18)25-22(26)13-11-16-10-12-20(29-5-2)21(14-16)27-3/h6-15H,4-5H2,1-3H3,(H,24,25,26)/b13-11+. The van der Waals surface area contributed by atoms with E-state index in [4.69, 9.17) is 14.2 Å². The van der Waals surface area contributed by atoms with Crippen LogP contribution in [0.2, 0.25) is 0 Å². The van der Waals surface area contributed by atoms with Crippen molar-refractivity contribution in [1.29, 1.82) is 0 Å². The van der Waals surface area contributed by atoms with E-state index < -0.39 is 0 Å². The first-order valence-corrected chi connectivity index (χ1v) is 10.5. The van der Waals surface area contributed by atoms with Gasteiger partial charge in [0.05, 0.1) is 26.0 Å². The second-order valence-corrected chi connectivity index (χ2v) is 6.99. The lowest BCUT2D eigenvalue weighted by Crippen LogP contribution is -2.07. The molecule has 3 rings (SSSR count). The molecule has 0 unspecified atom stereocenters. The molecule has 2 aromatic carbocycles. The maximum absolute atomic E-state index is 12.3. The zero-order valence-electron chi connectivity index (χ0n) is 17.2. The van der Waals surface area contributed by atoms with Gasteiger partial charge in [0.2, 0.25) is 5.91 Å². The highest BCUT2D eigenvalue weighted by molar-refractivity contribution is 7.14. The van der Waals surface area contributed by atoms with Crippen LogP contribution in [0, 0.1) is 0 Å². The second-order valence-electron chi connectivity index (χ2n) is 6.13. The number of hydrogen-bond acceptors (Lipinski definition) is 6. The Kier molecular flexibility index (Phi) is 7.45. The number of anilines is 1. The van der Waals surface area contributed by atoms with Gasteiger partial charge in [0.15, 0.2) is 16.6 Å². The van der Waals surface area contributed by atoms with Gasteiger partial charge in [-0.15, -0.1) is 11.3 Å². The predicted octanol–water partition coefficient (Wildman–Crippen LogP) is 5.27. The quantitative estimate of drug-likeness (QED) is 0.474. The average Bonchev–Trinajstić information content (AvgIpc) is 3.22. The van der Waals surface area contributed by atoms with E-state index in [0.717, 1.165) is 22.6 Å². The molecule has 30 heavy (non-hydrogen) atoms. The molecule has 1 N–H and O–H groups in total. The number of thiazole rings is 1. The van der Waals surface area contributed by atoms with Gasteiger partial charge in [-0.1, -0.05) is 18.2 Å². The van der Waals surface area contributed by atoms with Gasteiger partial charge in [-0.2, -0.15) is 0 Å². The van der Waals surface area contributed by atoms with Crippen molar-refractivity contribution in [2.45, 2.75) is 13.8 Å². The van der Waals surface area contributed by atoms with E-state index in [0.29, 0.717) is 29.8 Å². The third-order valence-electron chi connectivity index (χ3n) is 4.11. The minimum absolute atomic E-state index is 0.262. The van der Waals surface area contributed by atoms with Crippen molar-refractivity contribution in [2.75, 3.05) is 25.6 Å². The lowest BCUT2D eigenvalue weighted by atomic mass is 10.1. The summed E-state index contributed by atoms with van der Waals surface area (Å²) in [5.41, 5.74) is 2.49. The minimum atomic E-state index is -0.262. The SMILES string of the molecule is CCOc1ccc(/C=C/C(=O)Nc2nc(-c3ccccc3OCC)cs2)cc1OC. The number of hydrogen-bond donors (Lipinski definition) is 1. The Balaban J connectivity index is 1.68. The average molecular weight is 425 g/mol. The molecule has 0 aliphatic heterocycles. The van der Waals surface area contributed by atoms with Crippen LogP contribution in [0.4, 0.5) is 5.13 Å². The summed E-state index contributed by atoms with van der Waals surface area (Å²) in [7, 11) is 1.59. The zero-order valence-corrected chi connectivity index (χ0v) is 18.0. The van der Waals surface area contributed by atoms with Crippen LogP contribution < -0.4 is 19.5 Å². The summed E-state index contributed by atoms with van der Waals surface area (Å²) in [5, 5.41) is 5.22. The summed E-state index contributed by atoms with van der Waals surface area (Å²) in [6, 6.07) is 13.2. The summed E-state index contributed by atoms with van der Waals surface area (Å²) in [6.45, 7) is 4.98. The molecule has 0 aliphatic carbocycles. The highest BCUT2D eigenvalue weighted by atomic mass is 32.1. The van der Waals surface area contributed by atoms with Crippen LogP contribution in [0.3, 0.4) is 0 Å². The Labute approximate surface area is 180 Å². The number of para-hydroxylation sites is 1. The molecule has 0 saturated heterocycles. The lowest BCUT2D eigenvalue weighted by molar-refractivity contribution is -0.111. The van der Waals surface area contributed by atoms with Crippen LogP contribution in [-0.2, 0) is 4.79 Å². The number of aromatic nitrogens is 1. The van der Waals surface area contributed by atoms with Crippen molar-refractivity contribution >= 4 is 28.5 Å². The van der Waals surface area contributed by atoms with Gasteiger partial charge in [0.1, 0.15) is 5.75 Å². The first kappa shape index (κ1) is 21.4. The smallest absolute Gasteiger partial charge is 0.250 e. The summed E-state index contributed by atoms with van der Waals surface area (Å²) in [4.78, 5) is 16.8. The second kappa shape index (κ2) is 10.5. The minimum Gasteiger partial charge on any atom is -0.493 e. The van der Waals surface area contributed by atoms with Gasteiger partial charge in [0.25, 0.3) is 0 Å². The fraction of sp³-hybridized carbons (Fsp3) is 0.217. The van der Waals surface area contributed by atoms with Gasteiger partial charge < -0.3 is 14.2 Å². The normalized spacial score (nSPS) is 10.8. The van der Waals surface area contributed by atoms with Gasteiger partial charge in [-0.3, -0.25) is 10.1 Å². The van der Waals surface area contributed by atoms with Crippen LogP contribution in [0.25, 0.3) is 17.3 Å². The Bertz CT molecular complexity index is 1030. The van der Waals surface area contributed by atoms with Gasteiger partial charge in [-0.05, 0) is 49.8 Å². The van der Waals surface area contributed by atoms with Gasteiger partial charge >= 0.3 is 0 Å². The Hall–Kier alpha value is -3.32. The van der Waals surface area contributed by atoms with Crippen LogP contribution in [0.15, 0.2) is 53.9 Å². The van der Waals surface area contributed by atoms with E-state index in [1.54, 1.807) is 13.2 Å². The Morgan fingerprint density at radius 3 is 2.60 bits per heavy atom. The molecular weight excluding hydrogens is 400 g/mol. The highest BCUT2D eigenvalue weighted by Gasteiger charge is 2.11. The predicted molar refractivity (Wildman–Crippen MR) is 121 cm³/mol. The largest absolute Gasteiger partial charge is 0.493 e. The molecular formula is C23H24N2O4S. The Morgan fingerprint density at radius 1 is 1.07 bits per heavy atom. The number of rotatable bonds is 9. The molecule has 0 atom stereocenters. The van der Waals surface area contributed by atoms with E-state index >= 15 is 0 Å². The molecule has 0 aliphatic rings. The third-order valence-corrected chi connectivity index (χ3v) is 4.87. The monoisotopic (exact) mass is 424 g/mol. The molecule has 0 radical (unpaired) electrons. The fourth-order valence-corrected chi connectivity index (χ4v) is 3.51. The molecule has 3 aromatic rings. The maximum Gasteiger partial charge on any atom is 0.250 e. The first-order chi connectivity index (χ1) is 14.6. The Morgan fingerprint density at radius 2 is 1.83 bits per heavy atom. The number of benzene rings is 2. The highest BCUT2D eigenvalue weighted by Crippen LogP contribution is 2.32. The van der Waals surface area contributed by atoms with E-state index in [2.05, 4.69) is 10.3 Å².